The topological polar surface area (TPSA) is 60.7 Å². The molecule has 5 nitrogen and oxygen atoms in total. The maximum absolute atomic E-state index is 11.7. The van der Waals surface area contributed by atoms with Gasteiger partial charge < -0.3 is 0 Å². The largest absolute Gasteiger partial charge is 0.292 e. The molecule has 0 fully saturated rings. The van der Waals surface area contributed by atoms with Crippen LogP contribution in [0.25, 0.3) is 0 Å². The van der Waals surface area contributed by atoms with Crippen molar-refractivity contribution in [3.63, 3.8) is 0 Å². The second-order valence-electron chi connectivity index (χ2n) is 3.27. The third-order valence-electron chi connectivity index (χ3n) is 1.95. The van der Waals surface area contributed by atoms with E-state index >= 15 is 0 Å². The van der Waals surface area contributed by atoms with E-state index in [9.17, 15) is 4.79 Å². The van der Waals surface area contributed by atoms with Gasteiger partial charge in [0.1, 0.15) is 12.9 Å². The molecule has 0 spiro atoms. The van der Waals surface area contributed by atoms with Crippen LogP contribution < -0.4 is 0 Å². The number of Topliss-reactive ketones (excluding diaryl/α,β-unsaturated/α-hetero) is 1. The molecule has 0 amide bonds. The van der Waals surface area contributed by atoms with Gasteiger partial charge in [0, 0.05) is 18.6 Å². The van der Waals surface area contributed by atoms with Crippen molar-refractivity contribution >= 4 is 5.78 Å². The van der Waals surface area contributed by atoms with Gasteiger partial charge in [-0.2, -0.15) is 5.10 Å². The fourth-order valence-corrected chi connectivity index (χ4v) is 1.23. The van der Waals surface area contributed by atoms with Crippen LogP contribution in [-0.4, -0.2) is 25.5 Å². The fourth-order valence-electron chi connectivity index (χ4n) is 1.23. The molecule has 0 saturated carbocycles. The molecule has 2 rings (SSSR count). The Kier molecular flexibility index (Phi) is 2.53. The molecular formula is C10H10N4O. The average Bonchev–Trinajstić information content (AvgIpc) is 2.65. The highest BCUT2D eigenvalue weighted by Gasteiger charge is 2.07. The molecule has 0 saturated heterocycles. The zero-order valence-electron chi connectivity index (χ0n) is 8.29. The van der Waals surface area contributed by atoms with Crippen LogP contribution in [0.3, 0.4) is 0 Å². The van der Waals surface area contributed by atoms with Crippen molar-refractivity contribution in [2.24, 2.45) is 0 Å². The van der Waals surface area contributed by atoms with E-state index in [4.69, 9.17) is 0 Å². The summed E-state index contributed by atoms with van der Waals surface area (Å²) in [6.07, 6.45) is 7.95. The number of rotatable bonds is 3. The summed E-state index contributed by atoms with van der Waals surface area (Å²) in [4.78, 5) is 19.3. The van der Waals surface area contributed by atoms with Crippen molar-refractivity contribution in [3.05, 3.63) is 42.2 Å². The first-order valence-electron chi connectivity index (χ1n) is 4.53. The molecule has 2 heterocycles. The third kappa shape index (κ3) is 2.25. The second-order valence-corrected chi connectivity index (χ2v) is 3.27. The summed E-state index contributed by atoms with van der Waals surface area (Å²) in [5.41, 5.74) is 1.54. The Morgan fingerprint density at radius 1 is 1.33 bits per heavy atom. The number of hydrogen-bond acceptors (Lipinski definition) is 4. The SMILES string of the molecule is Cc1cnn(CC(=O)c2cncnc2)c1. The maximum Gasteiger partial charge on any atom is 0.187 e. The normalized spacial score (nSPS) is 10.2. The molecule has 0 N–H and O–H groups in total. The molecular weight excluding hydrogens is 192 g/mol. The number of hydrogen-bond donors (Lipinski definition) is 0. The summed E-state index contributed by atoms with van der Waals surface area (Å²) < 4.78 is 1.60. The number of carbonyl (C=O) groups is 1. The Labute approximate surface area is 86.8 Å². The van der Waals surface area contributed by atoms with Crippen molar-refractivity contribution in [1.82, 2.24) is 19.7 Å². The molecule has 0 unspecified atom stereocenters. The van der Waals surface area contributed by atoms with Crippen LogP contribution in [0.5, 0.6) is 0 Å². The molecule has 76 valence electrons. The van der Waals surface area contributed by atoms with Gasteiger partial charge in [-0.05, 0) is 12.5 Å². The minimum atomic E-state index is -0.0429. The molecule has 0 aliphatic heterocycles. The van der Waals surface area contributed by atoms with E-state index in [0.29, 0.717) is 5.56 Å². The lowest BCUT2D eigenvalue weighted by molar-refractivity contribution is 0.0967. The smallest absolute Gasteiger partial charge is 0.187 e. The highest BCUT2D eigenvalue weighted by molar-refractivity contribution is 5.95. The summed E-state index contributed by atoms with van der Waals surface area (Å²) in [6.45, 7) is 2.15. The first-order valence-corrected chi connectivity index (χ1v) is 4.53. The Morgan fingerprint density at radius 3 is 2.67 bits per heavy atom. The molecule has 15 heavy (non-hydrogen) atoms. The highest BCUT2D eigenvalue weighted by Crippen LogP contribution is 2.00. The lowest BCUT2D eigenvalue weighted by atomic mass is 10.2. The number of carbonyl (C=O) groups excluding carboxylic acids is 1. The molecule has 0 radical (unpaired) electrons. The van der Waals surface area contributed by atoms with Crippen molar-refractivity contribution < 1.29 is 4.79 Å². The van der Waals surface area contributed by atoms with Gasteiger partial charge in [-0.15, -0.1) is 0 Å². The number of aryl methyl sites for hydroxylation is 1. The van der Waals surface area contributed by atoms with Gasteiger partial charge in [0.2, 0.25) is 0 Å². The van der Waals surface area contributed by atoms with Crippen molar-refractivity contribution in [2.75, 3.05) is 0 Å². The van der Waals surface area contributed by atoms with Crippen LogP contribution in [0, 0.1) is 6.92 Å². The predicted octanol–water partition coefficient (Wildman–Crippen LogP) is 0.864. The van der Waals surface area contributed by atoms with Crippen LogP contribution in [0.4, 0.5) is 0 Å². The van der Waals surface area contributed by atoms with E-state index in [1.165, 1.54) is 18.7 Å². The van der Waals surface area contributed by atoms with Gasteiger partial charge >= 0.3 is 0 Å². The zero-order valence-corrected chi connectivity index (χ0v) is 8.29. The van der Waals surface area contributed by atoms with Crippen LogP contribution in [-0.2, 0) is 6.54 Å². The van der Waals surface area contributed by atoms with Crippen molar-refractivity contribution in [1.29, 1.82) is 0 Å². The molecule has 0 atom stereocenters. The van der Waals surface area contributed by atoms with E-state index in [1.807, 2.05) is 13.1 Å². The Hall–Kier alpha value is -2.04. The molecule has 0 bridgehead atoms. The summed E-state index contributed by atoms with van der Waals surface area (Å²) >= 11 is 0. The number of nitrogens with zero attached hydrogens (tertiary/aromatic N) is 4. The Balaban J connectivity index is 2.11. The zero-order chi connectivity index (χ0) is 10.7. The third-order valence-corrected chi connectivity index (χ3v) is 1.95. The molecule has 2 aromatic rings. The Bertz CT molecular complexity index is 463. The van der Waals surface area contributed by atoms with Gasteiger partial charge in [0.15, 0.2) is 5.78 Å². The summed E-state index contributed by atoms with van der Waals surface area (Å²) in [5, 5.41) is 4.04. The standard InChI is InChI=1S/C10H10N4O/c1-8-2-13-14(5-8)6-10(15)9-3-11-7-12-4-9/h2-5,7H,6H2,1H3. The van der Waals surface area contributed by atoms with E-state index in [2.05, 4.69) is 15.1 Å². The summed E-state index contributed by atoms with van der Waals surface area (Å²) in [5.74, 6) is -0.0429. The molecule has 0 aliphatic carbocycles. The predicted molar refractivity (Wildman–Crippen MR) is 53.3 cm³/mol. The molecule has 5 heteroatoms. The number of ketones is 1. The molecule has 0 aliphatic rings. The van der Waals surface area contributed by atoms with Gasteiger partial charge in [0.25, 0.3) is 0 Å². The minimum Gasteiger partial charge on any atom is -0.292 e. The van der Waals surface area contributed by atoms with Gasteiger partial charge in [-0.25, -0.2) is 9.97 Å². The lowest BCUT2D eigenvalue weighted by Gasteiger charge is -1.99. The van der Waals surface area contributed by atoms with Crippen molar-refractivity contribution in [2.45, 2.75) is 13.5 Å². The lowest BCUT2D eigenvalue weighted by Crippen LogP contribution is -2.11. The van der Waals surface area contributed by atoms with Gasteiger partial charge in [-0.1, -0.05) is 0 Å². The summed E-state index contributed by atoms with van der Waals surface area (Å²) in [7, 11) is 0. The van der Waals surface area contributed by atoms with E-state index in [-0.39, 0.29) is 12.3 Å². The van der Waals surface area contributed by atoms with Crippen LogP contribution >= 0.6 is 0 Å². The first-order chi connectivity index (χ1) is 7.25. The Morgan fingerprint density at radius 2 is 2.07 bits per heavy atom. The molecule has 2 aromatic heterocycles. The minimum absolute atomic E-state index is 0.0429. The summed E-state index contributed by atoms with van der Waals surface area (Å²) in [6, 6.07) is 0. The average molecular weight is 202 g/mol. The van der Waals surface area contributed by atoms with E-state index in [1.54, 1.807) is 10.9 Å². The first kappa shape index (κ1) is 9.51. The van der Waals surface area contributed by atoms with Crippen LogP contribution in [0.1, 0.15) is 15.9 Å². The second kappa shape index (κ2) is 4.00. The van der Waals surface area contributed by atoms with Gasteiger partial charge in [-0.3, -0.25) is 9.48 Å². The number of aromatic nitrogens is 4. The van der Waals surface area contributed by atoms with Crippen molar-refractivity contribution in [3.8, 4) is 0 Å². The van der Waals surface area contributed by atoms with E-state index in [0.717, 1.165) is 5.56 Å². The highest BCUT2D eigenvalue weighted by atomic mass is 16.1. The van der Waals surface area contributed by atoms with Crippen LogP contribution in [0.15, 0.2) is 31.1 Å². The van der Waals surface area contributed by atoms with E-state index < -0.39 is 0 Å². The van der Waals surface area contributed by atoms with Gasteiger partial charge in [0.05, 0.1) is 11.8 Å². The fraction of sp³-hybridized carbons (Fsp3) is 0.200. The maximum atomic E-state index is 11.7. The van der Waals surface area contributed by atoms with Crippen LogP contribution in [0.2, 0.25) is 0 Å². The quantitative estimate of drug-likeness (QED) is 0.693. The monoisotopic (exact) mass is 202 g/mol. The molecule has 0 aromatic carbocycles.